The Kier molecular flexibility index (Phi) is 5.38. The first kappa shape index (κ1) is 19.9. The number of nitrogens with zero attached hydrogens (tertiary/aromatic N) is 2. The maximum absolute atomic E-state index is 12.3. The van der Waals surface area contributed by atoms with Crippen LogP contribution in [0, 0.1) is 18.3 Å². The number of benzene rings is 1. The van der Waals surface area contributed by atoms with Crippen molar-refractivity contribution in [2.24, 2.45) is 11.3 Å². The number of aryl methyl sites for hydroxylation is 1. The van der Waals surface area contributed by atoms with E-state index in [0.29, 0.717) is 31.2 Å². The van der Waals surface area contributed by atoms with Crippen molar-refractivity contribution in [3.8, 4) is 11.5 Å². The molecule has 0 radical (unpaired) electrons. The van der Waals surface area contributed by atoms with Crippen LogP contribution < -0.4 is 0 Å². The molecule has 2 aromatic rings. The molecule has 29 heavy (non-hydrogen) atoms. The SMILES string of the molecule is Cc1oc(-c2cccc(Br)c2)nc1CCOC(=O)N1CCC2(CC1)CC2C(=O)O. The van der Waals surface area contributed by atoms with Crippen LogP contribution in [-0.2, 0) is 16.0 Å². The van der Waals surface area contributed by atoms with E-state index in [-0.39, 0.29) is 24.0 Å². The van der Waals surface area contributed by atoms with Gasteiger partial charge in [0.15, 0.2) is 0 Å². The summed E-state index contributed by atoms with van der Waals surface area (Å²) in [6, 6.07) is 7.72. The number of oxazole rings is 1. The van der Waals surface area contributed by atoms with E-state index in [1.54, 1.807) is 4.90 Å². The molecule has 1 spiro atoms. The van der Waals surface area contributed by atoms with Crippen LogP contribution >= 0.6 is 15.9 Å². The van der Waals surface area contributed by atoms with Gasteiger partial charge in [-0.3, -0.25) is 4.79 Å². The van der Waals surface area contributed by atoms with E-state index < -0.39 is 5.97 Å². The standard InChI is InChI=1S/C21H23BrN2O5/c1-13-17(23-18(29-13)14-3-2-4-15(22)11-14)5-10-28-20(27)24-8-6-21(7-9-24)12-16(21)19(25)26/h2-4,11,16H,5-10,12H2,1H3,(H,25,26). The summed E-state index contributed by atoms with van der Waals surface area (Å²) in [4.78, 5) is 29.7. The molecule has 1 amide bonds. The van der Waals surface area contributed by atoms with Crippen LogP contribution in [0.3, 0.4) is 0 Å². The summed E-state index contributed by atoms with van der Waals surface area (Å²) >= 11 is 3.44. The topological polar surface area (TPSA) is 92.9 Å². The van der Waals surface area contributed by atoms with Gasteiger partial charge in [-0.25, -0.2) is 9.78 Å². The van der Waals surface area contributed by atoms with Crippen LogP contribution in [0.4, 0.5) is 4.79 Å². The summed E-state index contributed by atoms with van der Waals surface area (Å²) < 4.78 is 12.1. The number of carboxylic acid groups (broad SMARTS) is 1. The molecular weight excluding hydrogens is 440 g/mol. The van der Waals surface area contributed by atoms with Crippen LogP contribution in [0.1, 0.15) is 30.7 Å². The minimum atomic E-state index is -0.716. The monoisotopic (exact) mass is 462 g/mol. The normalized spacial score (nSPS) is 19.9. The van der Waals surface area contributed by atoms with Gasteiger partial charge in [-0.15, -0.1) is 0 Å². The number of amides is 1. The highest BCUT2D eigenvalue weighted by atomic mass is 79.9. The zero-order valence-corrected chi connectivity index (χ0v) is 17.8. The fourth-order valence-electron chi connectivity index (χ4n) is 4.12. The molecule has 1 aromatic heterocycles. The van der Waals surface area contributed by atoms with Crippen molar-refractivity contribution in [1.29, 1.82) is 0 Å². The maximum atomic E-state index is 12.3. The Morgan fingerprint density at radius 2 is 2.14 bits per heavy atom. The third-order valence-electron chi connectivity index (χ3n) is 6.03. The number of carboxylic acids is 1. The molecule has 1 aliphatic carbocycles. The van der Waals surface area contributed by atoms with E-state index in [1.807, 2.05) is 31.2 Å². The van der Waals surface area contributed by atoms with Crippen molar-refractivity contribution in [2.75, 3.05) is 19.7 Å². The molecule has 1 aromatic carbocycles. The molecule has 1 saturated heterocycles. The minimum Gasteiger partial charge on any atom is -0.481 e. The number of piperidine rings is 1. The van der Waals surface area contributed by atoms with E-state index in [0.717, 1.165) is 35.0 Å². The molecule has 154 valence electrons. The average molecular weight is 463 g/mol. The Hall–Kier alpha value is -2.35. The molecule has 1 N–H and O–H groups in total. The van der Waals surface area contributed by atoms with Crippen LogP contribution in [0.5, 0.6) is 0 Å². The molecule has 2 fully saturated rings. The zero-order chi connectivity index (χ0) is 20.6. The second-order valence-corrected chi connectivity index (χ2v) is 8.76. The number of aliphatic carboxylic acids is 1. The van der Waals surface area contributed by atoms with Gasteiger partial charge in [0.1, 0.15) is 5.76 Å². The fraction of sp³-hybridized carbons (Fsp3) is 0.476. The molecule has 4 rings (SSSR count). The Bertz CT molecular complexity index is 933. The molecule has 1 atom stereocenters. The lowest BCUT2D eigenvalue weighted by atomic mass is 9.91. The quantitative estimate of drug-likeness (QED) is 0.712. The predicted molar refractivity (Wildman–Crippen MR) is 108 cm³/mol. The molecular formula is C21H23BrN2O5. The number of halogens is 1. The lowest BCUT2D eigenvalue weighted by Gasteiger charge is -2.31. The number of aromatic nitrogens is 1. The van der Waals surface area contributed by atoms with Crippen molar-refractivity contribution in [1.82, 2.24) is 9.88 Å². The predicted octanol–water partition coefficient (Wildman–Crippen LogP) is 4.28. The summed E-state index contributed by atoms with van der Waals surface area (Å²) in [6.07, 6.45) is 2.33. The smallest absolute Gasteiger partial charge is 0.409 e. The number of likely N-dealkylation sites (tertiary alicyclic amines) is 1. The fourth-order valence-corrected chi connectivity index (χ4v) is 4.51. The molecule has 1 unspecified atom stereocenters. The van der Waals surface area contributed by atoms with E-state index in [9.17, 15) is 9.59 Å². The van der Waals surface area contributed by atoms with Crippen molar-refractivity contribution in [3.63, 3.8) is 0 Å². The van der Waals surface area contributed by atoms with Crippen LogP contribution in [0.15, 0.2) is 33.2 Å². The summed E-state index contributed by atoms with van der Waals surface area (Å²) in [6.45, 7) is 3.19. The van der Waals surface area contributed by atoms with Gasteiger partial charge in [0, 0.05) is 29.5 Å². The highest BCUT2D eigenvalue weighted by Gasteiger charge is 2.59. The summed E-state index contributed by atoms with van der Waals surface area (Å²) in [7, 11) is 0. The van der Waals surface area contributed by atoms with Crippen molar-refractivity contribution >= 4 is 28.0 Å². The van der Waals surface area contributed by atoms with Gasteiger partial charge >= 0.3 is 12.1 Å². The first-order valence-electron chi connectivity index (χ1n) is 9.75. The van der Waals surface area contributed by atoms with E-state index in [1.165, 1.54) is 0 Å². The van der Waals surface area contributed by atoms with Gasteiger partial charge in [0.25, 0.3) is 0 Å². The molecule has 2 aliphatic rings. The van der Waals surface area contributed by atoms with E-state index in [2.05, 4.69) is 20.9 Å². The van der Waals surface area contributed by atoms with Gasteiger partial charge < -0.3 is 19.2 Å². The maximum Gasteiger partial charge on any atom is 0.409 e. The second-order valence-electron chi connectivity index (χ2n) is 7.84. The van der Waals surface area contributed by atoms with Crippen LogP contribution in [0.25, 0.3) is 11.5 Å². The average Bonchev–Trinajstić information content (AvgIpc) is 3.27. The highest BCUT2D eigenvalue weighted by molar-refractivity contribution is 9.10. The number of ether oxygens (including phenoxy) is 1. The van der Waals surface area contributed by atoms with Crippen LogP contribution in [0.2, 0.25) is 0 Å². The molecule has 7 nitrogen and oxygen atoms in total. The minimum absolute atomic E-state index is 0.0940. The summed E-state index contributed by atoms with van der Waals surface area (Å²) in [5, 5.41) is 9.16. The Balaban J connectivity index is 1.27. The second kappa shape index (κ2) is 7.82. The van der Waals surface area contributed by atoms with Gasteiger partial charge in [-0.1, -0.05) is 22.0 Å². The molecule has 0 bridgehead atoms. The lowest BCUT2D eigenvalue weighted by molar-refractivity contribution is -0.139. The third-order valence-corrected chi connectivity index (χ3v) is 6.53. The lowest BCUT2D eigenvalue weighted by Crippen LogP contribution is -2.40. The van der Waals surface area contributed by atoms with Gasteiger partial charge in [-0.05, 0) is 49.8 Å². The summed E-state index contributed by atoms with van der Waals surface area (Å²) in [5.41, 5.74) is 1.56. The van der Waals surface area contributed by atoms with Crippen molar-refractivity contribution in [2.45, 2.75) is 32.6 Å². The molecule has 1 aliphatic heterocycles. The molecule has 8 heteroatoms. The number of carbonyl (C=O) groups excluding carboxylic acids is 1. The number of rotatable bonds is 5. The zero-order valence-electron chi connectivity index (χ0n) is 16.2. The van der Waals surface area contributed by atoms with Gasteiger partial charge in [0.2, 0.25) is 5.89 Å². The van der Waals surface area contributed by atoms with Crippen molar-refractivity contribution in [3.05, 3.63) is 40.2 Å². The first-order valence-corrected chi connectivity index (χ1v) is 10.5. The largest absolute Gasteiger partial charge is 0.481 e. The van der Waals surface area contributed by atoms with Gasteiger partial charge in [-0.2, -0.15) is 0 Å². The highest BCUT2D eigenvalue weighted by Crippen LogP contribution is 2.59. The van der Waals surface area contributed by atoms with Crippen LogP contribution in [-0.4, -0.2) is 46.7 Å². The number of hydrogen-bond donors (Lipinski definition) is 1. The third kappa shape index (κ3) is 4.17. The van der Waals surface area contributed by atoms with E-state index in [4.69, 9.17) is 14.3 Å². The number of hydrogen-bond acceptors (Lipinski definition) is 5. The Morgan fingerprint density at radius 1 is 1.38 bits per heavy atom. The Morgan fingerprint density at radius 3 is 2.79 bits per heavy atom. The first-order chi connectivity index (χ1) is 13.9. The van der Waals surface area contributed by atoms with E-state index >= 15 is 0 Å². The number of carbonyl (C=O) groups is 2. The summed E-state index contributed by atoms with van der Waals surface area (Å²) in [5.74, 6) is 0.301. The Labute approximate surface area is 177 Å². The van der Waals surface area contributed by atoms with Crippen molar-refractivity contribution < 1.29 is 23.8 Å². The van der Waals surface area contributed by atoms with Gasteiger partial charge in [0.05, 0.1) is 18.2 Å². The molecule has 1 saturated carbocycles. The molecule has 2 heterocycles.